The third-order valence-corrected chi connectivity index (χ3v) is 4.17. The predicted octanol–water partition coefficient (Wildman–Crippen LogP) is 4.68. The molecule has 3 rings (SSSR count). The summed E-state index contributed by atoms with van der Waals surface area (Å²) < 4.78 is 38.7. The quantitative estimate of drug-likeness (QED) is 0.260. The first-order valence-corrected chi connectivity index (χ1v) is 9.14. The number of rotatable bonds is 7. The van der Waals surface area contributed by atoms with Crippen LogP contribution in [-0.4, -0.2) is 33.1 Å². The summed E-state index contributed by atoms with van der Waals surface area (Å²) in [6.45, 7) is 0. The van der Waals surface area contributed by atoms with Crippen molar-refractivity contribution >= 4 is 47.0 Å². The Morgan fingerprint density at radius 3 is 2.50 bits per heavy atom. The molecule has 2 aromatic carbocycles. The molecule has 0 aliphatic rings. The van der Waals surface area contributed by atoms with E-state index in [1.165, 1.54) is 36.5 Å². The molecule has 3 aromatic rings. The molecular weight excluding hydrogens is 453 g/mol. The highest BCUT2D eigenvalue weighted by atomic mass is 35.5. The Balaban J connectivity index is 1.79. The average molecular weight is 467 g/mol. The summed E-state index contributed by atoms with van der Waals surface area (Å²) in [6.07, 6.45) is -3.21. The number of halogens is 4. The summed E-state index contributed by atoms with van der Waals surface area (Å²) in [7, 11) is 1.54. The van der Waals surface area contributed by atoms with Crippen molar-refractivity contribution in [2.75, 3.05) is 23.1 Å². The molecule has 0 saturated heterocycles. The maximum Gasteiger partial charge on any atom is 0.416 e. The molecule has 0 unspecified atom stereocenters. The van der Waals surface area contributed by atoms with Gasteiger partial charge in [0.2, 0.25) is 17.8 Å². The van der Waals surface area contributed by atoms with E-state index in [0.717, 1.165) is 12.1 Å². The fraction of sp³-hybridized carbons (Fsp3) is 0.111. The van der Waals surface area contributed by atoms with E-state index >= 15 is 0 Å². The van der Waals surface area contributed by atoms with Crippen molar-refractivity contribution in [3.05, 3.63) is 68.7 Å². The van der Waals surface area contributed by atoms with Crippen LogP contribution in [0.4, 0.5) is 42.4 Å². The van der Waals surface area contributed by atoms with Gasteiger partial charge < -0.3 is 10.6 Å². The lowest BCUT2D eigenvalue weighted by molar-refractivity contribution is -0.384. The largest absolute Gasteiger partial charge is 0.416 e. The summed E-state index contributed by atoms with van der Waals surface area (Å²) in [6, 6.07) is 8.66. The number of aromatic nitrogens is 3. The van der Waals surface area contributed by atoms with Gasteiger partial charge in [0.25, 0.3) is 5.69 Å². The van der Waals surface area contributed by atoms with Crippen LogP contribution in [-0.2, 0) is 6.18 Å². The van der Waals surface area contributed by atoms with Gasteiger partial charge in [-0.2, -0.15) is 33.2 Å². The van der Waals surface area contributed by atoms with Crippen LogP contribution >= 0.6 is 11.6 Å². The van der Waals surface area contributed by atoms with Gasteiger partial charge in [0.15, 0.2) is 0 Å². The normalized spacial score (nSPS) is 11.4. The molecule has 0 bridgehead atoms. The molecule has 0 aliphatic carbocycles. The molecule has 1 heterocycles. The van der Waals surface area contributed by atoms with Crippen LogP contribution in [0.25, 0.3) is 0 Å². The maximum atomic E-state index is 12.9. The smallest absolute Gasteiger partial charge is 0.357 e. The van der Waals surface area contributed by atoms with Gasteiger partial charge in [0.05, 0.1) is 16.7 Å². The molecule has 1 aromatic heterocycles. The molecule has 0 atom stereocenters. The van der Waals surface area contributed by atoms with E-state index in [1.54, 1.807) is 7.05 Å². The van der Waals surface area contributed by atoms with Crippen LogP contribution in [0.15, 0.2) is 47.6 Å². The molecule has 0 radical (unpaired) electrons. The SMILES string of the molecule is CNc1nc(N/N=C\c2ccc(Cl)c([N+](=O)[O-])c2)nc(Nc2cccc(C(F)(F)F)c2)n1. The summed E-state index contributed by atoms with van der Waals surface area (Å²) in [4.78, 5) is 22.5. The van der Waals surface area contributed by atoms with Crippen molar-refractivity contribution in [2.24, 2.45) is 5.10 Å². The predicted molar refractivity (Wildman–Crippen MR) is 113 cm³/mol. The number of benzene rings is 2. The molecule has 0 spiro atoms. The fourth-order valence-corrected chi connectivity index (χ4v) is 2.60. The number of nitro groups is 1. The number of nitro benzene ring substituents is 1. The van der Waals surface area contributed by atoms with Crippen molar-refractivity contribution in [1.29, 1.82) is 0 Å². The lowest BCUT2D eigenvalue weighted by Gasteiger charge is -2.11. The summed E-state index contributed by atoms with van der Waals surface area (Å²) in [5.41, 5.74) is 1.94. The van der Waals surface area contributed by atoms with Gasteiger partial charge in [-0.25, -0.2) is 5.43 Å². The number of anilines is 4. The van der Waals surface area contributed by atoms with Gasteiger partial charge in [-0.3, -0.25) is 10.1 Å². The van der Waals surface area contributed by atoms with Crippen LogP contribution in [0.2, 0.25) is 5.02 Å². The molecule has 0 amide bonds. The van der Waals surface area contributed by atoms with E-state index in [4.69, 9.17) is 11.6 Å². The van der Waals surface area contributed by atoms with E-state index in [1.807, 2.05) is 0 Å². The molecular formula is C18H14ClF3N8O2. The molecule has 0 aliphatic heterocycles. The standard InChI is InChI=1S/C18H14ClF3N8O2/c1-23-15-26-16(25-12-4-2-3-11(8-12)18(20,21)22)28-17(27-15)29-24-9-10-5-6-13(19)14(7-10)30(31)32/h2-9H,1H3,(H3,23,25,26,27,28,29)/b24-9-. The van der Waals surface area contributed by atoms with Crippen molar-refractivity contribution in [2.45, 2.75) is 6.18 Å². The molecule has 166 valence electrons. The number of hydrogen-bond donors (Lipinski definition) is 3. The molecule has 0 saturated carbocycles. The van der Waals surface area contributed by atoms with Gasteiger partial charge in [0.1, 0.15) is 5.02 Å². The first kappa shape index (κ1) is 22.7. The van der Waals surface area contributed by atoms with E-state index < -0.39 is 16.7 Å². The summed E-state index contributed by atoms with van der Waals surface area (Å²) in [5, 5.41) is 20.2. The Labute approximate surface area is 183 Å². The van der Waals surface area contributed by atoms with Crippen LogP contribution in [0.1, 0.15) is 11.1 Å². The molecule has 0 fully saturated rings. The van der Waals surface area contributed by atoms with Crippen LogP contribution < -0.4 is 16.1 Å². The van der Waals surface area contributed by atoms with Crippen molar-refractivity contribution in [1.82, 2.24) is 15.0 Å². The number of hydrogen-bond acceptors (Lipinski definition) is 9. The summed E-state index contributed by atoms with van der Waals surface area (Å²) in [5.74, 6) is 0.0522. The zero-order valence-corrected chi connectivity index (χ0v) is 16.9. The molecule has 3 N–H and O–H groups in total. The van der Waals surface area contributed by atoms with Gasteiger partial charge >= 0.3 is 6.18 Å². The Bertz CT molecular complexity index is 1170. The highest BCUT2D eigenvalue weighted by Gasteiger charge is 2.30. The fourth-order valence-electron chi connectivity index (χ4n) is 2.41. The third kappa shape index (κ3) is 5.78. The van der Waals surface area contributed by atoms with Crippen molar-refractivity contribution in [3.63, 3.8) is 0 Å². The Morgan fingerprint density at radius 1 is 1.09 bits per heavy atom. The minimum atomic E-state index is -4.49. The number of nitrogens with zero attached hydrogens (tertiary/aromatic N) is 5. The highest BCUT2D eigenvalue weighted by molar-refractivity contribution is 6.32. The molecule has 32 heavy (non-hydrogen) atoms. The monoisotopic (exact) mass is 466 g/mol. The maximum absolute atomic E-state index is 12.9. The number of hydrazone groups is 1. The first-order chi connectivity index (χ1) is 15.2. The van der Waals surface area contributed by atoms with E-state index in [0.29, 0.717) is 5.56 Å². The van der Waals surface area contributed by atoms with Crippen molar-refractivity contribution in [3.8, 4) is 0 Å². The minimum Gasteiger partial charge on any atom is -0.357 e. The Hall–Kier alpha value is -4.00. The Morgan fingerprint density at radius 2 is 1.81 bits per heavy atom. The number of nitrogens with one attached hydrogen (secondary N) is 3. The van der Waals surface area contributed by atoms with E-state index in [9.17, 15) is 23.3 Å². The highest BCUT2D eigenvalue weighted by Crippen LogP contribution is 2.31. The van der Waals surface area contributed by atoms with Crippen molar-refractivity contribution < 1.29 is 18.1 Å². The average Bonchev–Trinajstić information content (AvgIpc) is 2.74. The lowest BCUT2D eigenvalue weighted by Crippen LogP contribution is -2.08. The zero-order valence-electron chi connectivity index (χ0n) is 16.2. The third-order valence-electron chi connectivity index (χ3n) is 3.85. The van der Waals surface area contributed by atoms with Crippen LogP contribution in [0.3, 0.4) is 0 Å². The van der Waals surface area contributed by atoms with E-state index in [2.05, 4.69) is 36.1 Å². The first-order valence-electron chi connectivity index (χ1n) is 8.77. The topological polar surface area (TPSA) is 130 Å². The van der Waals surface area contributed by atoms with Gasteiger partial charge in [-0.15, -0.1) is 0 Å². The van der Waals surface area contributed by atoms with Gasteiger partial charge in [0, 0.05) is 24.4 Å². The van der Waals surface area contributed by atoms with Gasteiger partial charge in [-0.05, 0) is 24.3 Å². The Kier molecular flexibility index (Phi) is 6.68. The molecule has 10 nitrogen and oxygen atoms in total. The lowest BCUT2D eigenvalue weighted by atomic mass is 10.2. The van der Waals surface area contributed by atoms with Crippen LogP contribution in [0, 0.1) is 10.1 Å². The minimum absolute atomic E-state index is 0.0125. The molecule has 14 heteroatoms. The zero-order chi connectivity index (χ0) is 23.3. The van der Waals surface area contributed by atoms with Gasteiger partial charge in [-0.1, -0.05) is 23.7 Å². The van der Waals surface area contributed by atoms with E-state index in [-0.39, 0.29) is 34.2 Å². The van der Waals surface area contributed by atoms with Crippen LogP contribution in [0.5, 0.6) is 0 Å². The second-order valence-corrected chi connectivity index (χ2v) is 6.50. The number of alkyl halides is 3. The second kappa shape index (κ2) is 9.43. The summed E-state index contributed by atoms with van der Waals surface area (Å²) >= 11 is 5.77. The second-order valence-electron chi connectivity index (χ2n) is 6.10.